The number of halogens is 1. The van der Waals surface area contributed by atoms with Gasteiger partial charge in [-0.15, -0.1) is 0 Å². The van der Waals surface area contributed by atoms with Crippen LogP contribution in [-0.2, 0) is 9.53 Å². The molecule has 0 aliphatic heterocycles. The Bertz CT molecular complexity index is 779. The Morgan fingerprint density at radius 3 is 2.46 bits per heavy atom. The highest BCUT2D eigenvalue weighted by Crippen LogP contribution is 2.24. The number of methoxy groups -OCH3 is 1. The van der Waals surface area contributed by atoms with E-state index >= 15 is 0 Å². The maximum Gasteiger partial charge on any atom is 0.333 e. The van der Waals surface area contributed by atoms with Crippen molar-refractivity contribution in [2.75, 3.05) is 7.11 Å². The number of carbonyl (C=O) groups is 2. The highest BCUT2D eigenvalue weighted by Gasteiger charge is 2.27. The molecule has 0 spiro atoms. The first-order valence-corrected chi connectivity index (χ1v) is 7.19. The summed E-state index contributed by atoms with van der Waals surface area (Å²) in [6, 6.07) is 11.0. The summed E-state index contributed by atoms with van der Waals surface area (Å²) < 4.78 is 4.69. The van der Waals surface area contributed by atoms with E-state index in [9.17, 15) is 19.7 Å². The molecule has 8 heteroatoms. The lowest BCUT2D eigenvalue weighted by Crippen LogP contribution is -2.34. The van der Waals surface area contributed by atoms with Gasteiger partial charge in [0.1, 0.15) is 5.56 Å². The molecule has 0 saturated heterocycles. The van der Waals surface area contributed by atoms with Gasteiger partial charge in [0.05, 0.1) is 12.0 Å². The first-order chi connectivity index (χ1) is 11.4. The number of carbonyl (C=O) groups excluding carboxylic acids is 2. The van der Waals surface area contributed by atoms with Crippen LogP contribution >= 0.6 is 11.6 Å². The molecule has 1 N–H and O–H groups in total. The molecular weight excluding hydrogens is 336 g/mol. The number of ether oxygens (including phenoxy) is 1. The van der Waals surface area contributed by atoms with Gasteiger partial charge < -0.3 is 10.1 Å². The number of nitro benzene ring substituents is 1. The molecule has 0 aromatic heterocycles. The standard InChI is InChI=1S/C16H13ClN2O5/c1-24-16(21)14(10-5-3-2-4-6-10)18-15(20)12-8-7-11(17)9-13(12)19(22)23/h2-9,14H,1H3,(H,18,20). The number of hydrogen-bond acceptors (Lipinski definition) is 5. The second-order valence-electron chi connectivity index (χ2n) is 4.76. The minimum Gasteiger partial charge on any atom is -0.467 e. The maximum absolute atomic E-state index is 12.4. The van der Waals surface area contributed by atoms with Crippen LogP contribution in [0.3, 0.4) is 0 Å². The fourth-order valence-corrected chi connectivity index (χ4v) is 2.26. The van der Waals surface area contributed by atoms with E-state index < -0.39 is 28.5 Å². The molecule has 0 radical (unpaired) electrons. The lowest BCUT2D eigenvalue weighted by atomic mass is 10.1. The van der Waals surface area contributed by atoms with Crippen molar-refractivity contribution in [3.8, 4) is 0 Å². The average Bonchev–Trinajstić information content (AvgIpc) is 2.59. The SMILES string of the molecule is COC(=O)C(NC(=O)c1ccc(Cl)cc1[N+](=O)[O-])c1ccccc1. The minimum absolute atomic E-state index is 0.130. The summed E-state index contributed by atoms with van der Waals surface area (Å²) in [6.45, 7) is 0. The number of benzene rings is 2. The molecule has 0 aliphatic rings. The molecule has 7 nitrogen and oxygen atoms in total. The van der Waals surface area contributed by atoms with Crippen molar-refractivity contribution >= 4 is 29.2 Å². The lowest BCUT2D eigenvalue weighted by Gasteiger charge is -2.17. The number of amides is 1. The van der Waals surface area contributed by atoms with Gasteiger partial charge in [-0.1, -0.05) is 41.9 Å². The van der Waals surface area contributed by atoms with Crippen molar-refractivity contribution in [3.63, 3.8) is 0 Å². The van der Waals surface area contributed by atoms with Crippen molar-refractivity contribution in [2.45, 2.75) is 6.04 Å². The van der Waals surface area contributed by atoms with Gasteiger partial charge in [-0.2, -0.15) is 0 Å². The van der Waals surface area contributed by atoms with E-state index in [2.05, 4.69) is 5.32 Å². The van der Waals surface area contributed by atoms with Crippen LogP contribution in [-0.4, -0.2) is 23.9 Å². The van der Waals surface area contributed by atoms with Crippen LogP contribution in [0.4, 0.5) is 5.69 Å². The van der Waals surface area contributed by atoms with Crippen LogP contribution < -0.4 is 5.32 Å². The molecule has 1 amide bonds. The number of esters is 1. The zero-order chi connectivity index (χ0) is 17.7. The summed E-state index contributed by atoms with van der Waals surface area (Å²) in [6.07, 6.45) is 0. The van der Waals surface area contributed by atoms with Gasteiger partial charge in [-0.05, 0) is 17.7 Å². The predicted molar refractivity (Wildman–Crippen MR) is 86.8 cm³/mol. The summed E-state index contributed by atoms with van der Waals surface area (Å²) in [4.78, 5) is 34.8. The zero-order valence-corrected chi connectivity index (χ0v) is 13.3. The summed E-state index contributed by atoms with van der Waals surface area (Å²) in [7, 11) is 1.19. The van der Waals surface area contributed by atoms with E-state index in [1.807, 2.05) is 0 Å². The zero-order valence-electron chi connectivity index (χ0n) is 12.6. The van der Waals surface area contributed by atoms with Crippen molar-refractivity contribution in [1.82, 2.24) is 5.32 Å². The van der Waals surface area contributed by atoms with Crippen LogP contribution in [0.25, 0.3) is 0 Å². The number of hydrogen-bond donors (Lipinski definition) is 1. The minimum atomic E-state index is -1.08. The molecule has 124 valence electrons. The Morgan fingerprint density at radius 1 is 1.21 bits per heavy atom. The van der Waals surface area contributed by atoms with E-state index in [4.69, 9.17) is 16.3 Å². The van der Waals surface area contributed by atoms with Crippen LogP contribution in [0.2, 0.25) is 5.02 Å². The third-order valence-corrected chi connectivity index (χ3v) is 3.48. The topological polar surface area (TPSA) is 98.5 Å². The molecule has 0 saturated carbocycles. The Morgan fingerprint density at radius 2 is 1.88 bits per heavy atom. The van der Waals surface area contributed by atoms with E-state index in [0.717, 1.165) is 6.07 Å². The summed E-state index contributed by atoms with van der Waals surface area (Å²) in [5.74, 6) is -1.47. The third-order valence-electron chi connectivity index (χ3n) is 3.25. The summed E-state index contributed by atoms with van der Waals surface area (Å²) in [5, 5.41) is 13.7. The molecule has 0 bridgehead atoms. The van der Waals surface area contributed by atoms with Crippen molar-refractivity contribution in [2.24, 2.45) is 0 Å². The van der Waals surface area contributed by atoms with Crippen LogP contribution in [0.5, 0.6) is 0 Å². The highest BCUT2D eigenvalue weighted by molar-refractivity contribution is 6.31. The molecule has 0 fully saturated rings. The van der Waals surface area contributed by atoms with Gasteiger partial charge >= 0.3 is 5.97 Å². The van der Waals surface area contributed by atoms with E-state index in [0.29, 0.717) is 5.56 Å². The Kier molecular flexibility index (Phi) is 5.49. The molecule has 1 unspecified atom stereocenters. The maximum atomic E-state index is 12.4. The number of nitro groups is 1. The Hall–Kier alpha value is -2.93. The molecule has 0 aliphatic carbocycles. The second-order valence-corrected chi connectivity index (χ2v) is 5.20. The van der Waals surface area contributed by atoms with Gasteiger partial charge in [0.15, 0.2) is 6.04 Å². The lowest BCUT2D eigenvalue weighted by molar-refractivity contribution is -0.385. The van der Waals surface area contributed by atoms with Crippen LogP contribution in [0.15, 0.2) is 48.5 Å². The number of nitrogens with zero attached hydrogens (tertiary/aromatic N) is 1. The normalized spacial score (nSPS) is 11.4. The van der Waals surface area contributed by atoms with Gasteiger partial charge in [0.2, 0.25) is 0 Å². The largest absolute Gasteiger partial charge is 0.467 e. The van der Waals surface area contributed by atoms with E-state index in [1.54, 1.807) is 30.3 Å². The van der Waals surface area contributed by atoms with Crippen molar-refractivity contribution in [1.29, 1.82) is 0 Å². The van der Waals surface area contributed by atoms with Crippen LogP contribution in [0, 0.1) is 10.1 Å². The van der Waals surface area contributed by atoms with Gasteiger partial charge in [0.25, 0.3) is 11.6 Å². The molecule has 0 heterocycles. The van der Waals surface area contributed by atoms with E-state index in [1.165, 1.54) is 19.2 Å². The third kappa shape index (κ3) is 3.88. The van der Waals surface area contributed by atoms with Gasteiger partial charge in [-0.3, -0.25) is 14.9 Å². The molecule has 2 rings (SSSR count). The monoisotopic (exact) mass is 348 g/mol. The van der Waals surface area contributed by atoms with Crippen LogP contribution in [0.1, 0.15) is 22.0 Å². The molecule has 24 heavy (non-hydrogen) atoms. The summed E-state index contributed by atoms with van der Waals surface area (Å²) in [5.41, 5.74) is -0.153. The molecular formula is C16H13ClN2O5. The van der Waals surface area contributed by atoms with Crippen molar-refractivity contribution in [3.05, 3.63) is 74.8 Å². The number of nitrogens with one attached hydrogen (secondary N) is 1. The quantitative estimate of drug-likeness (QED) is 0.509. The Balaban J connectivity index is 2.35. The van der Waals surface area contributed by atoms with Gasteiger partial charge in [-0.25, -0.2) is 4.79 Å². The fourth-order valence-electron chi connectivity index (χ4n) is 2.10. The fraction of sp³-hybridized carbons (Fsp3) is 0.125. The van der Waals surface area contributed by atoms with Crippen molar-refractivity contribution < 1.29 is 19.2 Å². The second kappa shape index (κ2) is 7.56. The molecule has 2 aromatic carbocycles. The Labute approximate surface area is 142 Å². The summed E-state index contributed by atoms with van der Waals surface area (Å²) >= 11 is 5.73. The molecule has 1 atom stereocenters. The highest BCUT2D eigenvalue weighted by atomic mass is 35.5. The van der Waals surface area contributed by atoms with Gasteiger partial charge in [0, 0.05) is 11.1 Å². The predicted octanol–water partition coefficient (Wildman–Crippen LogP) is 2.89. The first kappa shape index (κ1) is 17.4. The molecule has 2 aromatic rings. The number of rotatable bonds is 5. The average molecular weight is 349 g/mol. The smallest absolute Gasteiger partial charge is 0.333 e. The first-order valence-electron chi connectivity index (χ1n) is 6.81. The van der Waals surface area contributed by atoms with E-state index in [-0.39, 0.29) is 10.6 Å².